The number of carbonyl (C=O) groups excluding carboxylic acids is 1. The normalized spacial score (nSPS) is 10.6. The second kappa shape index (κ2) is 8.73. The fourth-order valence-corrected chi connectivity index (χ4v) is 2.36. The van der Waals surface area contributed by atoms with Gasteiger partial charge in [0.1, 0.15) is 0 Å². The molecule has 2 aromatic rings. The first-order chi connectivity index (χ1) is 12.1. The van der Waals surface area contributed by atoms with Crippen LogP contribution < -0.4 is 14.2 Å². The Kier molecular flexibility index (Phi) is 6.39. The average Bonchev–Trinajstić information content (AvgIpc) is 2.65. The first kappa shape index (κ1) is 18.3. The maximum absolute atomic E-state index is 11.6. The molecule has 6 nitrogen and oxygen atoms in total. The first-order valence-electron chi connectivity index (χ1n) is 7.74. The van der Waals surface area contributed by atoms with Gasteiger partial charge in [-0.25, -0.2) is 4.79 Å². The Morgan fingerprint density at radius 1 is 1.12 bits per heavy atom. The van der Waals surface area contributed by atoms with E-state index >= 15 is 0 Å². The molecule has 0 aliphatic carbocycles. The SMILES string of the molecule is CCOC(=O)C=Cc1cccnc1-c1cc(OC)c(OC)c(OC)c1. The lowest BCUT2D eigenvalue weighted by Gasteiger charge is -2.14. The molecule has 2 rings (SSSR count). The number of methoxy groups -OCH3 is 3. The van der Waals surface area contributed by atoms with Crippen molar-refractivity contribution in [2.75, 3.05) is 27.9 Å². The van der Waals surface area contributed by atoms with Crippen molar-refractivity contribution in [3.05, 3.63) is 42.1 Å². The predicted octanol–water partition coefficient (Wildman–Crippen LogP) is 3.35. The van der Waals surface area contributed by atoms with Gasteiger partial charge in [-0.05, 0) is 31.2 Å². The molecule has 0 N–H and O–H groups in total. The molecule has 0 atom stereocenters. The smallest absolute Gasteiger partial charge is 0.330 e. The molecule has 0 radical (unpaired) electrons. The van der Waals surface area contributed by atoms with Crippen LogP contribution in [-0.2, 0) is 9.53 Å². The Morgan fingerprint density at radius 2 is 1.80 bits per heavy atom. The fraction of sp³-hybridized carbons (Fsp3) is 0.263. The minimum Gasteiger partial charge on any atom is -0.493 e. The molecule has 0 bridgehead atoms. The number of esters is 1. The molecule has 1 aromatic carbocycles. The van der Waals surface area contributed by atoms with E-state index in [9.17, 15) is 4.79 Å². The number of rotatable bonds is 7. The second-order valence-electron chi connectivity index (χ2n) is 4.94. The topological polar surface area (TPSA) is 66.9 Å². The van der Waals surface area contributed by atoms with Gasteiger partial charge < -0.3 is 18.9 Å². The molecule has 0 unspecified atom stereocenters. The number of hydrogen-bond donors (Lipinski definition) is 0. The minimum atomic E-state index is -0.401. The Labute approximate surface area is 147 Å². The number of hydrogen-bond acceptors (Lipinski definition) is 6. The van der Waals surface area contributed by atoms with Crippen molar-refractivity contribution in [3.63, 3.8) is 0 Å². The molecule has 132 valence electrons. The maximum Gasteiger partial charge on any atom is 0.330 e. The minimum absolute atomic E-state index is 0.329. The van der Waals surface area contributed by atoms with Crippen LogP contribution in [0.4, 0.5) is 0 Å². The van der Waals surface area contributed by atoms with E-state index < -0.39 is 5.97 Å². The van der Waals surface area contributed by atoms with Crippen molar-refractivity contribution in [1.82, 2.24) is 4.98 Å². The van der Waals surface area contributed by atoms with Crippen LogP contribution >= 0.6 is 0 Å². The second-order valence-corrected chi connectivity index (χ2v) is 4.94. The van der Waals surface area contributed by atoms with Crippen molar-refractivity contribution in [1.29, 1.82) is 0 Å². The van der Waals surface area contributed by atoms with Gasteiger partial charge in [0.2, 0.25) is 5.75 Å². The van der Waals surface area contributed by atoms with E-state index in [1.54, 1.807) is 46.6 Å². The summed E-state index contributed by atoms with van der Waals surface area (Å²) in [6.45, 7) is 2.09. The van der Waals surface area contributed by atoms with E-state index in [1.807, 2.05) is 18.2 Å². The molecule has 0 aliphatic heterocycles. The number of pyridine rings is 1. The lowest BCUT2D eigenvalue weighted by molar-refractivity contribution is -0.137. The standard InChI is InChI=1S/C19H21NO5/c1-5-25-17(21)9-8-13-7-6-10-20-18(13)14-11-15(22-2)19(24-4)16(12-14)23-3/h6-12H,5H2,1-4H3. The Bertz CT molecular complexity index is 745. The number of carbonyl (C=O) groups is 1. The summed E-state index contributed by atoms with van der Waals surface area (Å²) < 4.78 is 21.0. The molecule has 0 saturated heterocycles. The lowest BCUT2D eigenvalue weighted by atomic mass is 10.0. The van der Waals surface area contributed by atoms with E-state index in [2.05, 4.69) is 4.98 Å². The van der Waals surface area contributed by atoms with Crippen molar-refractivity contribution in [2.45, 2.75) is 6.92 Å². The molecular formula is C19H21NO5. The van der Waals surface area contributed by atoms with Crippen LogP contribution in [0.1, 0.15) is 12.5 Å². The van der Waals surface area contributed by atoms with E-state index in [4.69, 9.17) is 18.9 Å². The Hall–Kier alpha value is -3.02. The molecule has 1 aromatic heterocycles. The largest absolute Gasteiger partial charge is 0.493 e. The molecule has 25 heavy (non-hydrogen) atoms. The van der Waals surface area contributed by atoms with Crippen molar-refractivity contribution < 1.29 is 23.7 Å². The summed E-state index contributed by atoms with van der Waals surface area (Å²) in [5.74, 6) is 1.17. The van der Waals surface area contributed by atoms with E-state index in [1.165, 1.54) is 6.08 Å². The highest BCUT2D eigenvalue weighted by molar-refractivity contribution is 5.89. The highest BCUT2D eigenvalue weighted by atomic mass is 16.5. The van der Waals surface area contributed by atoms with Crippen molar-refractivity contribution in [3.8, 4) is 28.5 Å². The van der Waals surface area contributed by atoms with Gasteiger partial charge in [-0.3, -0.25) is 4.98 Å². The van der Waals surface area contributed by atoms with Crippen LogP contribution in [0.15, 0.2) is 36.5 Å². The Balaban J connectivity index is 2.50. The monoisotopic (exact) mass is 343 g/mol. The zero-order chi connectivity index (χ0) is 18.2. The summed E-state index contributed by atoms with van der Waals surface area (Å²) in [5.41, 5.74) is 2.23. The predicted molar refractivity (Wildman–Crippen MR) is 95.0 cm³/mol. The highest BCUT2D eigenvalue weighted by Gasteiger charge is 2.16. The van der Waals surface area contributed by atoms with Gasteiger partial charge in [-0.15, -0.1) is 0 Å². The van der Waals surface area contributed by atoms with Gasteiger partial charge in [0, 0.05) is 23.4 Å². The van der Waals surface area contributed by atoms with Gasteiger partial charge >= 0.3 is 5.97 Å². The summed E-state index contributed by atoms with van der Waals surface area (Å²) in [6.07, 6.45) is 4.73. The van der Waals surface area contributed by atoms with E-state index in [0.717, 1.165) is 11.1 Å². The van der Waals surface area contributed by atoms with E-state index in [0.29, 0.717) is 29.5 Å². The summed E-state index contributed by atoms with van der Waals surface area (Å²) in [6, 6.07) is 7.28. The Morgan fingerprint density at radius 3 is 2.36 bits per heavy atom. The number of nitrogens with zero attached hydrogens (tertiary/aromatic N) is 1. The van der Waals surface area contributed by atoms with Crippen LogP contribution in [0, 0.1) is 0 Å². The van der Waals surface area contributed by atoms with Crippen molar-refractivity contribution >= 4 is 12.0 Å². The third kappa shape index (κ3) is 4.29. The van der Waals surface area contributed by atoms with Gasteiger partial charge in [-0.2, -0.15) is 0 Å². The highest BCUT2D eigenvalue weighted by Crippen LogP contribution is 2.41. The summed E-state index contributed by atoms with van der Waals surface area (Å²) in [7, 11) is 4.66. The molecule has 0 fully saturated rings. The quantitative estimate of drug-likeness (QED) is 0.567. The van der Waals surface area contributed by atoms with E-state index in [-0.39, 0.29) is 0 Å². The zero-order valence-electron chi connectivity index (χ0n) is 14.7. The van der Waals surface area contributed by atoms with Crippen LogP contribution in [0.3, 0.4) is 0 Å². The lowest BCUT2D eigenvalue weighted by Crippen LogP contribution is -1.99. The molecule has 6 heteroatoms. The fourth-order valence-electron chi connectivity index (χ4n) is 2.36. The van der Waals surface area contributed by atoms with Crippen LogP contribution in [0.2, 0.25) is 0 Å². The average molecular weight is 343 g/mol. The third-order valence-electron chi connectivity index (χ3n) is 3.46. The van der Waals surface area contributed by atoms with Gasteiger partial charge in [-0.1, -0.05) is 6.07 Å². The van der Waals surface area contributed by atoms with Crippen LogP contribution in [0.5, 0.6) is 17.2 Å². The van der Waals surface area contributed by atoms with Gasteiger partial charge in [0.05, 0.1) is 33.6 Å². The number of benzene rings is 1. The number of ether oxygens (including phenoxy) is 4. The number of aromatic nitrogens is 1. The third-order valence-corrected chi connectivity index (χ3v) is 3.46. The summed E-state index contributed by atoms with van der Waals surface area (Å²) in [5, 5.41) is 0. The van der Waals surface area contributed by atoms with Crippen LogP contribution in [-0.4, -0.2) is 38.9 Å². The van der Waals surface area contributed by atoms with Crippen molar-refractivity contribution in [2.24, 2.45) is 0 Å². The summed E-state index contributed by atoms with van der Waals surface area (Å²) in [4.78, 5) is 16.0. The molecule has 0 spiro atoms. The molecular weight excluding hydrogens is 322 g/mol. The van der Waals surface area contributed by atoms with Gasteiger partial charge in [0.15, 0.2) is 11.5 Å². The van der Waals surface area contributed by atoms with Crippen LogP contribution in [0.25, 0.3) is 17.3 Å². The molecule has 0 amide bonds. The summed E-state index contributed by atoms with van der Waals surface area (Å²) >= 11 is 0. The molecule has 0 saturated carbocycles. The van der Waals surface area contributed by atoms with Gasteiger partial charge in [0.25, 0.3) is 0 Å². The molecule has 1 heterocycles. The maximum atomic E-state index is 11.6. The molecule has 0 aliphatic rings. The zero-order valence-corrected chi connectivity index (χ0v) is 14.7. The first-order valence-corrected chi connectivity index (χ1v) is 7.74.